The van der Waals surface area contributed by atoms with Gasteiger partial charge in [0.1, 0.15) is 0 Å². The molecule has 1 saturated heterocycles. The topological polar surface area (TPSA) is 63.4 Å². The second kappa shape index (κ2) is 3.13. The first kappa shape index (κ1) is 9.96. The lowest BCUT2D eigenvalue weighted by molar-refractivity contribution is 0.551. The molecule has 5 heteroatoms. The van der Waals surface area contributed by atoms with Gasteiger partial charge in [-0.25, -0.2) is 8.42 Å². The summed E-state index contributed by atoms with van der Waals surface area (Å²) in [7, 11) is -2.75. The van der Waals surface area contributed by atoms with E-state index in [9.17, 15) is 8.42 Å². The van der Waals surface area contributed by atoms with Gasteiger partial charge in [0.2, 0.25) is 0 Å². The lowest BCUT2D eigenvalue weighted by atomic mass is 10.1. The van der Waals surface area contributed by atoms with E-state index in [1.54, 1.807) is 0 Å². The van der Waals surface area contributed by atoms with E-state index in [2.05, 4.69) is 4.90 Å². The molecule has 0 bridgehead atoms. The average molecular weight is 238 g/mol. The molecule has 86 valence electrons. The first-order valence-electron chi connectivity index (χ1n) is 5.41. The highest BCUT2D eigenvalue weighted by Gasteiger charge is 2.39. The van der Waals surface area contributed by atoms with Crippen LogP contribution >= 0.6 is 0 Å². The third kappa shape index (κ3) is 1.46. The molecule has 3 rings (SSSR count). The fraction of sp³-hybridized carbons (Fsp3) is 0.455. The Bertz CT molecular complexity index is 527. The number of nitrogen functional groups attached to an aromatic ring is 1. The van der Waals surface area contributed by atoms with Crippen molar-refractivity contribution >= 4 is 21.2 Å². The van der Waals surface area contributed by atoms with Gasteiger partial charge in [0, 0.05) is 17.9 Å². The van der Waals surface area contributed by atoms with E-state index < -0.39 is 9.84 Å². The van der Waals surface area contributed by atoms with Crippen molar-refractivity contribution in [2.24, 2.45) is 0 Å². The molecule has 1 aromatic carbocycles. The monoisotopic (exact) mass is 238 g/mol. The van der Waals surface area contributed by atoms with E-state index in [-0.39, 0.29) is 6.04 Å². The summed E-state index contributed by atoms with van der Waals surface area (Å²) in [4.78, 5) is 2.19. The van der Waals surface area contributed by atoms with Crippen LogP contribution < -0.4 is 10.6 Å². The molecule has 1 aromatic rings. The van der Waals surface area contributed by atoms with E-state index in [1.807, 2.05) is 18.2 Å². The van der Waals surface area contributed by atoms with Crippen LogP contribution in [-0.4, -0.2) is 32.5 Å². The van der Waals surface area contributed by atoms with E-state index >= 15 is 0 Å². The number of nitrogens with two attached hydrogens (primary N) is 1. The number of fused-ring (bicyclic) bond motifs is 1. The molecule has 2 heterocycles. The molecule has 0 aromatic heterocycles. The fourth-order valence-corrected chi connectivity index (χ4v) is 3.95. The quantitative estimate of drug-likeness (QED) is 0.721. The summed E-state index contributed by atoms with van der Waals surface area (Å²) < 4.78 is 22.4. The van der Waals surface area contributed by atoms with Crippen molar-refractivity contribution in [3.63, 3.8) is 0 Å². The Labute approximate surface area is 95.0 Å². The van der Waals surface area contributed by atoms with Gasteiger partial charge in [-0.15, -0.1) is 0 Å². The first-order chi connectivity index (χ1) is 7.55. The minimum absolute atomic E-state index is 0.160. The normalized spacial score (nSPS) is 22.9. The fourth-order valence-electron chi connectivity index (χ4n) is 2.52. The zero-order chi connectivity index (χ0) is 11.3. The minimum atomic E-state index is -2.75. The molecular formula is C11H14N2O2S. The van der Waals surface area contributed by atoms with Crippen molar-refractivity contribution < 1.29 is 8.42 Å². The molecule has 0 spiro atoms. The summed E-state index contributed by atoms with van der Waals surface area (Å²) in [6.45, 7) is 0.916. The lowest BCUT2D eigenvalue weighted by Gasteiger charge is -2.36. The van der Waals surface area contributed by atoms with Crippen LogP contribution in [-0.2, 0) is 16.3 Å². The number of rotatable bonds is 1. The molecule has 2 aliphatic heterocycles. The highest BCUT2D eigenvalue weighted by molar-refractivity contribution is 7.92. The summed E-state index contributed by atoms with van der Waals surface area (Å²) in [5.74, 6) is 0.586. The lowest BCUT2D eigenvalue weighted by Crippen LogP contribution is -2.52. The summed E-state index contributed by atoms with van der Waals surface area (Å²) in [5, 5.41) is 0. The molecule has 2 N–H and O–H groups in total. The zero-order valence-corrected chi connectivity index (χ0v) is 9.70. The Morgan fingerprint density at radius 1 is 1.31 bits per heavy atom. The maximum Gasteiger partial charge on any atom is 0.154 e. The van der Waals surface area contributed by atoms with Gasteiger partial charge in [0.05, 0.1) is 17.5 Å². The molecule has 1 fully saturated rings. The standard InChI is InChI=1S/C11H14N2O2S/c12-9-2-1-8-3-4-13(11(8)5-9)10-6-16(14,15)7-10/h1-2,5,10H,3-4,6-7,12H2. The Kier molecular flexibility index (Phi) is 1.95. The van der Waals surface area contributed by atoms with Crippen LogP contribution in [0.15, 0.2) is 18.2 Å². The summed E-state index contributed by atoms with van der Waals surface area (Å²) in [6.07, 6.45) is 0.992. The van der Waals surface area contributed by atoms with Gasteiger partial charge in [0.25, 0.3) is 0 Å². The molecule has 0 saturated carbocycles. The summed E-state index contributed by atoms with van der Waals surface area (Å²) >= 11 is 0. The van der Waals surface area contributed by atoms with Crippen LogP contribution in [0.25, 0.3) is 0 Å². The molecule has 0 aliphatic carbocycles. The predicted octanol–water partition coefficient (Wildman–Crippen LogP) is 0.428. The van der Waals surface area contributed by atoms with Crippen molar-refractivity contribution in [3.8, 4) is 0 Å². The third-order valence-electron chi connectivity index (χ3n) is 3.37. The molecule has 0 unspecified atom stereocenters. The van der Waals surface area contributed by atoms with Crippen molar-refractivity contribution in [2.45, 2.75) is 12.5 Å². The van der Waals surface area contributed by atoms with Crippen LogP contribution in [0.1, 0.15) is 5.56 Å². The van der Waals surface area contributed by atoms with Crippen LogP contribution in [0.3, 0.4) is 0 Å². The van der Waals surface area contributed by atoms with Crippen molar-refractivity contribution in [3.05, 3.63) is 23.8 Å². The minimum Gasteiger partial charge on any atom is -0.399 e. The molecule has 2 aliphatic rings. The van der Waals surface area contributed by atoms with Crippen LogP contribution in [0, 0.1) is 0 Å². The van der Waals surface area contributed by atoms with Gasteiger partial charge in [0.15, 0.2) is 9.84 Å². The van der Waals surface area contributed by atoms with Gasteiger partial charge in [-0.2, -0.15) is 0 Å². The summed E-state index contributed by atoms with van der Waals surface area (Å²) in [5.41, 5.74) is 8.91. The van der Waals surface area contributed by atoms with E-state index in [4.69, 9.17) is 5.73 Å². The molecular weight excluding hydrogens is 224 g/mol. The van der Waals surface area contributed by atoms with E-state index in [1.165, 1.54) is 5.56 Å². The third-order valence-corrected chi connectivity index (χ3v) is 5.16. The molecule has 0 amide bonds. The van der Waals surface area contributed by atoms with Gasteiger partial charge in [-0.3, -0.25) is 0 Å². The maximum absolute atomic E-state index is 11.2. The first-order valence-corrected chi connectivity index (χ1v) is 7.23. The van der Waals surface area contributed by atoms with Gasteiger partial charge >= 0.3 is 0 Å². The number of hydrogen-bond donors (Lipinski definition) is 1. The Balaban J connectivity index is 1.89. The van der Waals surface area contributed by atoms with Crippen molar-refractivity contribution in [1.82, 2.24) is 0 Å². The van der Waals surface area contributed by atoms with Gasteiger partial charge in [-0.1, -0.05) is 6.07 Å². The summed E-state index contributed by atoms with van der Waals surface area (Å²) in [6, 6.07) is 6.05. The molecule has 0 atom stereocenters. The van der Waals surface area contributed by atoms with Gasteiger partial charge < -0.3 is 10.6 Å². The predicted molar refractivity (Wildman–Crippen MR) is 64.3 cm³/mol. The Hall–Kier alpha value is -1.23. The molecule has 0 radical (unpaired) electrons. The van der Waals surface area contributed by atoms with E-state index in [0.29, 0.717) is 11.5 Å². The van der Waals surface area contributed by atoms with Crippen LogP contribution in [0.2, 0.25) is 0 Å². The molecule has 4 nitrogen and oxygen atoms in total. The smallest absolute Gasteiger partial charge is 0.154 e. The number of nitrogens with zero attached hydrogens (tertiary/aromatic N) is 1. The van der Waals surface area contributed by atoms with Gasteiger partial charge in [-0.05, 0) is 24.1 Å². The number of anilines is 2. The number of hydrogen-bond acceptors (Lipinski definition) is 4. The van der Waals surface area contributed by atoms with Crippen molar-refractivity contribution in [1.29, 1.82) is 0 Å². The molecule has 16 heavy (non-hydrogen) atoms. The average Bonchev–Trinajstić information content (AvgIpc) is 2.56. The number of sulfone groups is 1. The second-order valence-corrected chi connectivity index (χ2v) is 6.72. The number of benzene rings is 1. The Morgan fingerprint density at radius 2 is 2.06 bits per heavy atom. The maximum atomic E-state index is 11.2. The largest absolute Gasteiger partial charge is 0.399 e. The van der Waals surface area contributed by atoms with Crippen molar-refractivity contribution in [2.75, 3.05) is 28.7 Å². The zero-order valence-electron chi connectivity index (χ0n) is 8.89. The van der Waals surface area contributed by atoms with Crippen LogP contribution in [0.5, 0.6) is 0 Å². The highest BCUT2D eigenvalue weighted by Crippen LogP contribution is 2.34. The van der Waals surface area contributed by atoms with E-state index in [0.717, 1.165) is 24.3 Å². The SMILES string of the molecule is Nc1ccc2c(c1)N(C1CS(=O)(=O)C1)CC2. The second-order valence-electron chi connectivity index (χ2n) is 4.56. The Morgan fingerprint density at radius 3 is 2.75 bits per heavy atom. The van der Waals surface area contributed by atoms with Crippen LogP contribution in [0.4, 0.5) is 11.4 Å². The highest BCUT2D eigenvalue weighted by atomic mass is 32.2.